The fraction of sp³-hybridized carbons (Fsp3) is 0.158. The zero-order valence-corrected chi connectivity index (χ0v) is 18.0. The molecule has 8 nitrogen and oxygen atoms in total. The lowest BCUT2D eigenvalue weighted by Gasteiger charge is -2.05. The molecule has 3 rings (SSSR count). The number of thioether (sulfide) groups is 1. The summed E-state index contributed by atoms with van der Waals surface area (Å²) < 4.78 is 16.2. The standard InChI is InChI=1S/C19H16Cl2N4O4S/c1-27-15-5-3-2-4-12(15)9-22-23-17(26)11-30-19-25-24-18(29-19)10-28-16-7-6-13(20)8-14(16)21/h2-9H,10-11H2,1H3,(H,23,26)/b22-9-. The molecule has 0 aliphatic carbocycles. The highest BCUT2D eigenvalue weighted by molar-refractivity contribution is 7.99. The molecule has 0 aliphatic heterocycles. The third-order valence-corrected chi connectivity index (χ3v) is 4.90. The number of benzene rings is 2. The molecule has 0 fully saturated rings. The molecular formula is C19H16Cl2N4O4S. The molecule has 1 amide bonds. The first kappa shape index (κ1) is 21.9. The van der Waals surface area contributed by atoms with E-state index in [0.29, 0.717) is 21.5 Å². The van der Waals surface area contributed by atoms with Crippen molar-refractivity contribution in [3.8, 4) is 11.5 Å². The molecule has 2 aromatic carbocycles. The number of aromatic nitrogens is 2. The van der Waals surface area contributed by atoms with Gasteiger partial charge in [-0.25, -0.2) is 5.43 Å². The molecule has 0 saturated carbocycles. The van der Waals surface area contributed by atoms with Crippen LogP contribution in [0.4, 0.5) is 0 Å². The van der Waals surface area contributed by atoms with Gasteiger partial charge in [-0.3, -0.25) is 4.79 Å². The number of carbonyl (C=O) groups is 1. The Kier molecular flexibility index (Phi) is 7.95. The Morgan fingerprint density at radius 3 is 2.87 bits per heavy atom. The molecule has 0 unspecified atom stereocenters. The van der Waals surface area contributed by atoms with E-state index >= 15 is 0 Å². The Hall–Kier alpha value is -2.75. The minimum atomic E-state index is -0.324. The zero-order chi connectivity index (χ0) is 21.3. The van der Waals surface area contributed by atoms with Crippen molar-refractivity contribution in [1.82, 2.24) is 15.6 Å². The number of amides is 1. The van der Waals surface area contributed by atoms with Crippen molar-refractivity contribution in [2.75, 3.05) is 12.9 Å². The summed E-state index contributed by atoms with van der Waals surface area (Å²) >= 11 is 13.0. The van der Waals surface area contributed by atoms with Gasteiger partial charge in [0.25, 0.3) is 17.0 Å². The van der Waals surface area contributed by atoms with Crippen LogP contribution in [0, 0.1) is 0 Å². The maximum Gasteiger partial charge on any atom is 0.277 e. The number of para-hydroxylation sites is 1. The minimum Gasteiger partial charge on any atom is -0.496 e. The minimum absolute atomic E-state index is 0.0321. The van der Waals surface area contributed by atoms with Crippen LogP contribution in [0.25, 0.3) is 0 Å². The molecule has 0 atom stereocenters. The Balaban J connectivity index is 1.44. The first-order valence-electron chi connectivity index (χ1n) is 8.53. The lowest BCUT2D eigenvalue weighted by Crippen LogP contribution is -2.19. The summed E-state index contributed by atoms with van der Waals surface area (Å²) in [5.74, 6) is 1.08. The van der Waals surface area contributed by atoms with Crippen molar-refractivity contribution < 1.29 is 18.7 Å². The van der Waals surface area contributed by atoms with Gasteiger partial charge >= 0.3 is 0 Å². The Bertz CT molecular complexity index is 1040. The van der Waals surface area contributed by atoms with Gasteiger partial charge in [0, 0.05) is 10.6 Å². The number of ether oxygens (including phenoxy) is 2. The van der Waals surface area contributed by atoms with Crippen LogP contribution in [0.2, 0.25) is 10.0 Å². The van der Waals surface area contributed by atoms with Gasteiger partial charge in [-0.15, -0.1) is 10.2 Å². The summed E-state index contributed by atoms with van der Waals surface area (Å²) in [6.45, 7) is 0.0321. The lowest BCUT2D eigenvalue weighted by atomic mass is 10.2. The molecule has 1 N–H and O–H groups in total. The first-order valence-corrected chi connectivity index (χ1v) is 10.3. The second-order valence-electron chi connectivity index (χ2n) is 5.65. The van der Waals surface area contributed by atoms with Crippen molar-refractivity contribution >= 4 is 47.1 Å². The van der Waals surface area contributed by atoms with E-state index in [9.17, 15) is 4.79 Å². The molecule has 0 radical (unpaired) electrons. The van der Waals surface area contributed by atoms with E-state index in [1.807, 2.05) is 18.2 Å². The molecule has 0 aliphatic rings. The summed E-state index contributed by atoms with van der Waals surface area (Å²) in [5, 5.41) is 12.8. The van der Waals surface area contributed by atoms with Gasteiger partial charge in [-0.1, -0.05) is 47.1 Å². The summed E-state index contributed by atoms with van der Waals surface area (Å²) in [7, 11) is 1.57. The van der Waals surface area contributed by atoms with Gasteiger partial charge in [0.15, 0.2) is 6.61 Å². The van der Waals surface area contributed by atoms with E-state index < -0.39 is 0 Å². The largest absolute Gasteiger partial charge is 0.496 e. The summed E-state index contributed by atoms with van der Waals surface area (Å²) in [4.78, 5) is 11.9. The predicted molar refractivity (Wildman–Crippen MR) is 115 cm³/mol. The fourth-order valence-corrected chi connectivity index (χ4v) is 3.23. The van der Waals surface area contributed by atoms with Crippen molar-refractivity contribution in [3.05, 3.63) is 64.0 Å². The maximum absolute atomic E-state index is 11.9. The second kappa shape index (κ2) is 10.9. The maximum atomic E-state index is 11.9. The number of nitrogens with one attached hydrogen (secondary N) is 1. The normalized spacial score (nSPS) is 10.9. The lowest BCUT2D eigenvalue weighted by molar-refractivity contribution is -0.118. The zero-order valence-electron chi connectivity index (χ0n) is 15.7. The average Bonchev–Trinajstić information content (AvgIpc) is 3.20. The molecule has 11 heteroatoms. The number of methoxy groups -OCH3 is 1. The van der Waals surface area contributed by atoms with Gasteiger partial charge in [-0.2, -0.15) is 5.10 Å². The smallest absolute Gasteiger partial charge is 0.277 e. The van der Waals surface area contributed by atoms with Gasteiger partial charge in [0.1, 0.15) is 11.5 Å². The highest BCUT2D eigenvalue weighted by atomic mass is 35.5. The van der Waals surface area contributed by atoms with E-state index in [-0.39, 0.29) is 29.4 Å². The second-order valence-corrected chi connectivity index (χ2v) is 7.42. The third-order valence-electron chi connectivity index (χ3n) is 3.55. The Morgan fingerprint density at radius 2 is 2.07 bits per heavy atom. The topological polar surface area (TPSA) is 98.8 Å². The number of hydrogen-bond donors (Lipinski definition) is 1. The molecular weight excluding hydrogens is 451 g/mol. The van der Waals surface area contributed by atoms with Crippen molar-refractivity contribution in [2.45, 2.75) is 11.8 Å². The number of rotatable bonds is 9. The molecule has 3 aromatic rings. The van der Waals surface area contributed by atoms with Gasteiger partial charge in [0.2, 0.25) is 0 Å². The first-order chi connectivity index (χ1) is 14.5. The number of nitrogens with zero attached hydrogens (tertiary/aromatic N) is 3. The molecule has 0 bridgehead atoms. The fourth-order valence-electron chi connectivity index (χ4n) is 2.19. The number of halogens is 2. The predicted octanol–water partition coefficient (Wildman–Crippen LogP) is 4.21. The van der Waals surface area contributed by atoms with Crippen LogP contribution in [-0.4, -0.2) is 35.2 Å². The van der Waals surface area contributed by atoms with Crippen molar-refractivity contribution in [2.24, 2.45) is 5.10 Å². The van der Waals surface area contributed by atoms with Crippen LogP contribution in [0.1, 0.15) is 11.5 Å². The highest BCUT2D eigenvalue weighted by Crippen LogP contribution is 2.28. The Labute approximate surface area is 186 Å². The third kappa shape index (κ3) is 6.38. The SMILES string of the molecule is COc1ccccc1/C=N\NC(=O)CSc1nnc(COc2ccc(Cl)cc2Cl)o1. The van der Waals surface area contributed by atoms with E-state index in [1.54, 1.807) is 31.4 Å². The monoisotopic (exact) mass is 466 g/mol. The molecule has 30 heavy (non-hydrogen) atoms. The van der Waals surface area contributed by atoms with Crippen LogP contribution in [0.5, 0.6) is 11.5 Å². The summed E-state index contributed by atoms with van der Waals surface area (Å²) in [6.07, 6.45) is 1.51. The van der Waals surface area contributed by atoms with Crippen LogP contribution in [0.3, 0.4) is 0 Å². The highest BCUT2D eigenvalue weighted by Gasteiger charge is 2.11. The van der Waals surface area contributed by atoms with Gasteiger partial charge < -0.3 is 13.9 Å². The number of hydrazone groups is 1. The molecule has 156 valence electrons. The number of hydrogen-bond acceptors (Lipinski definition) is 8. The van der Waals surface area contributed by atoms with Gasteiger partial charge in [0.05, 0.1) is 24.1 Å². The number of carbonyl (C=O) groups excluding carboxylic acids is 1. The van der Waals surface area contributed by atoms with Crippen molar-refractivity contribution in [1.29, 1.82) is 0 Å². The van der Waals surface area contributed by atoms with Crippen LogP contribution < -0.4 is 14.9 Å². The van der Waals surface area contributed by atoms with E-state index in [4.69, 9.17) is 37.1 Å². The van der Waals surface area contributed by atoms with Gasteiger partial charge in [-0.05, 0) is 30.3 Å². The average molecular weight is 467 g/mol. The Morgan fingerprint density at radius 1 is 1.23 bits per heavy atom. The molecule has 1 aromatic heterocycles. The van der Waals surface area contributed by atoms with Crippen LogP contribution in [0.15, 0.2) is 57.2 Å². The van der Waals surface area contributed by atoms with Crippen molar-refractivity contribution in [3.63, 3.8) is 0 Å². The van der Waals surface area contributed by atoms with Crippen LogP contribution >= 0.6 is 35.0 Å². The molecule has 1 heterocycles. The summed E-state index contributed by atoms with van der Waals surface area (Å²) in [6, 6.07) is 12.2. The molecule has 0 saturated heterocycles. The molecule has 0 spiro atoms. The van der Waals surface area contributed by atoms with E-state index in [2.05, 4.69) is 20.7 Å². The summed E-state index contributed by atoms with van der Waals surface area (Å²) in [5.41, 5.74) is 3.18. The quantitative estimate of drug-likeness (QED) is 0.286. The van der Waals surface area contributed by atoms with E-state index in [0.717, 1.165) is 17.3 Å². The van der Waals surface area contributed by atoms with Crippen LogP contribution in [-0.2, 0) is 11.4 Å². The van der Waals surface area contributed by atoms with E-state index in [1.165, 1.54) is 6.21 Å².